The van der Waals surface area contributed by atoms with Gasteiger partial charge >= 0.3 is 0 Å². The maximum atomic E-state index is 4.79. The molecule has 0 spiro atoms. The molecule has 17 heavy (non-hydrogen) atoms. The Balaban J connectivity index is 2.33. The van der Waals surface area contributed by atoms with E-state index >= 15 is 0 Å². The monoisotopic (exact) mass is 235 g/mol. The number of rotatable bonds is 4. The van der Waals surface area contributed by atoms with E-state index in [9.17, 15) is 0 Å². The molecule has 3 nitrogen and oxygen atoms in total. The second kappa shape index (κ2) is 5.21. The van der Waals surface area contributed by atoms with Gasteiger partial charge in [0.1, 0.15) is 0 Å². The van der Waals surface area contributed by atoms with Crippen LogP contribution in [0.15, 0.2) is 0 Å². The van der Waals surface area contributed by atoms with Crippen molar-refractivity contribution in [2.75, 3.05) is 7.05 Å². The van der Waals surface area contributed by atoms with E-state index in [0.717, 1.165) is 6.42 Å². The Labute approximate surface area is 105 Å². The Morgan fingerprint density at radius 3 is 2.53 bits per heavy atom. The molecular weight excluding hydrogens is 210 g/mol. The first-order chi connectivity index (χ1) is 8.19. The molecule has 1 aromatic rings. The highest BCUT2D eigenvalue weighted by Gasteiger charge is 2.24. The topological polar surface area (TPSA) is 29.9 Å². The fourth-order valence-electron chi connectivity index (χ4n) is 3.24. The average Bonchev–Trinajstić information content (AvgIpc) is 2.92. The van der Waals surface area contributed by atoms with Gasteiger partial charge in [-0.3, -0.25) is 4.68 Å². The zero-order valence-electron chi connectivity index (χ0n) is 11.6. The lowest BCUT2D eigenvalue weighted by molar-refractivity contribution is 0.452. The molecular formula is C14H25N3. The lowest BCUT2D eigenvalue weighted by Crippen LogP contribution is -2.17. The van der Waals surface area contributed by atoms with Gasteiger partial charge in [-0.2, -0.15) is 5.10 Å². The fourth-order valence-corrected chi connectivity index (χ4v) is 3.24. The van der Waals surface area contributed by atoms with Crippen molar-refractivity contribution in [1.29, 1.82) is 0 Å². The van der Waals surface area contributed by atoms with Crippen LogP contribution >= 0.6 is 0 Å². The van der Waals surface area contributed by atoms with Crippen LogP contribution in [0.4, 0.5) is 0 Å². The van der Waals surface area contributed by atoms with Gasteiger partial charge in [0.25, 0.3) is 0 Å². The van der Waals surface area contributed by atoms with Crippen LogP contribution < -0.4 is 5.32 Å². The quantitative estimate of drug-likeness (QED) is 0.868. The van der Waals surface area contributed by atoms with Crippen LogP contribution in [0, 0.1) is 13.8 Å². The molecule has 96 valence electrons. The van der Waals surface area contributed by atoms with E-state index in [1.807, 2.05) is 7.05 Å². The van der Waals surface area contributed by atoms with Gasteiger partial charge in [0, 0.05) is 17.3 Å². The van der Waals surface area contributed by atoms with Crippen LogP contribution in [0.3, 0.4) is 0 Å². The summed E-state index contributed by atoms with van der Waals surface area (Å²) in [5, 5.41) is 8.19. The standard InChI is InChI=1S/C14H25N3/c1-5-13(15-4)14-10(2)16-17(11(14)3)12-8-6-7-9-12/h12-13,15H,5-9H2,1-4H3. The molecule has 1 atom stereocenters. The Hall–Kier alpha value is -0.830. The van der Waals surface area contributed by atoms with E-state index in [0.29, 0.717) is 12.1 Å². The van der Waals surface area contributed by atoms with Gasteiger partial charge in [-0.15, -0.1) is 0 Å². The third kappa shape index (κ3) is 2.25. The van der Waals surface area contributed by atoms with Crippen LogP contribution in [-0.4, -0.2) is 16.8 Å². The molecule has 1 aliphatic rings. The first-order valence-electron chi connectivity index (χ1n) is 6.91. The van der Waals surface area contributed by atoms with Crippen molar-refractivity contribution in [2.24, 2.45) is 0 Å². The Bertz CT molecular complexity index is 371. The second-order valence-corrected chi connectivity index (χ2v) is 5.22. The average molecular weight is 235 g/mol. The van der Waals surface area contributed by atoms with Crippen molar-refractivity contribution in [3.63, 3.8) is 0 Å². The number of aromatic nitrogens is 2. The van der Waals surface area contributed by atoms with Crippen molar-refractivity contribution < 1.29 is 0 Å². The molecule has 2 rings (SSSR count). The lowest BCUT2D eigenvalue weighted by Gasteiger charge is -2.16. The van der Waals surface area contributed by atoms with Crippen LogP contribution in [0.25, 0.3) is 0 Å². The second-order valence-electron chi connectivity index (χ2n) is 5.22. The molecule has 0 saturated heterocycles. The smallest absolute Gasteiger partial charge is 0.0644 e. The third-order valence-electron chi connectivity index (χ3n) is 4.16. The summed E-state index contributed by atoms with van der Waals surface area (Å²) in [7, 11) is 2.04. The number of hydrogen-bond donors (Lipinski definition) is 1. The highest BCUT2D eigenvalue weighted by molar-refractivity contribution is 5.28. The van der Waals surface area contributed by atoms with Gasteiger partial charge in [-0.25, -0.2) is 0 Å². The van der Waals surface area contributed by atoms with E-state index in [1.165, 1.54) is 42.6 Å². The number of nitrogens with one attached hydrogen (secondary N) is 1. The molecule has 0 aliphatic heterocycles. The van der Waals surface area contributed by atoms with Crippen molar-refractivity contribution in [1.82, 2.24) is 15.1 Å². The summed E-state index contributed by atoms with van der Waals surface area (Å²) in [5.74, 6) is 0. The molecule has 1 saturated carbocycles. The van der Waals surface area contributed by atoms with Gasteiger partial charge in [0.15, 0.2) is 0 Å². The van der Waals surface area contributed by atoms with Gasteiger partial charge in [0.05, 0.1) is 11.7 Å². The minimum Gasteiger partial charge on any atom is -0.313 e. The molecule has 1 aromatic heterocycles. The molecule has 0 radical (unpaired) electrons. The molecule has 1 N–H and O–H groups in total. The van der Waals surface area contributed by atoms with Gasteiger partial charge in [-0.05, 0) is 40.2 Å². The normalized spacial score (nSPS) is 18.8. The fraction of sp³-hybridized carbons (Fsp3) is 0.786. The molecule has 0 bridgehead atoms. The summed E-state index contributed by atoms with van der Waals surface area (Å²) in [6.07, 6.45) is 6.45. The van der Waals surface area contributed by atoms with Crippen LogP contribution in [0.5, 0.6) is 0 Å². The SMILES string of the molecule is CCC(NC)c1c(C)nn(C2CCCC2)c1C. The zero-order valence-corrected chi connectivity index (χ0v) is 11.6. The lowest BCUT2D eigenvalue weighted by atomic mass is 10.0. The minimum absolute atomic E-state index is 0.449. The largest absolute Gasteiger partial charge is 0.313 e. The molecule has 1 fully saturated rings. The summed E-state index contributed by atoms with van der Waals surface area (Å²) >= 11 is 0. The van der Waals surface area contributed by atoms with Gasteiger partial charge in [-0.1, -0.05) is 19.8 Å². The van der Waals surface area contributed by atoms with E-state index in [2.05, 4.69) is 30.8 Å². The summed E-state index contributed by atoms with van der Waals surface area (Å²) in [6, 6.07) is 1.10. The van der Waals surface area contributed by atoms with Gasteiger partial charge in [0.2, 0.25) is 0 Å². The first-order valence-corrected chi connectivity index (χ1v) is 6.91. The summed E-state index contributed by atoms with van der Waals surface area (Å²) in [4.78, 5) is 0. The van der Waals surface area contributed by atoms with Crippen LogP contribution in [-0.2, 0) is 0 Å². The zero-order chi connectivity index (χ0) is 12.4. The van der Waals surface area contributed by atoms with E-state index in [1.54, 1.807) is 0 Å². The molecule has 0 amide bonds. The Kier molecular flexibility index (Phi) is 3.87. The maximum absolute atomic E-state index is 4.79. The van der Waals surface area contributed by atoms with Crippen molar-refractivity contribution >= 4 is 0 Å². The van der Waals surface area contributed by atoms with Gasteiger partial charge < -0.3 is 5.32 Å². The number of hydrogen-bond acceptors (Lipinski definition) is 2. The molecule has 3 heteroatoms. The predicted octanol–water partition coefficient (Wildman–Crippen LogP) is 3.29. The van der Waals surface area contributed by atoms with E-state index in [-0.39, 0.29) is 0 Å². The third-order valence-corrected chi connectivity index (χ3v) is 4.16. The van der Waals surface area contributed by atoms with Crippen LogP contribution in [0.1, 0.15) is 68.1 Å². The minimum atomic E-state index is 0.449. The number of aryl methyl sites for hydroxylation is 1. The summed E-state index contributed by atoms with van der Waals surface area (Å²) in [5.41, 5.74) is 3.99. The highest BCUT2D eigenvalue weighted by atomic mass is 15.3. The first kappa shape index (κ1) is 12.6. The van der Waals surface area contributed by atoms with E-state index < -0.39 is 0 Å². The van der Waals surface area contributed by atoms with E-state index in [4.69, 9.17) is 5.10 Å². The molecule has 1 heterocycles. The van der Waals surface area contributed by atoms with Crippen molar-refractivity contribution in [2.45, 2.75) is 65.0 Å². The Morgan fingerprint density at radius 1 is 1.35 bits per heavy atom. The van der Waals surface area contributed by atoms with Crippen molar-refractivity contribution in [3.05, 3.63) is 17.0 Å². The highest BCUT2D eigenvalue weighted by Crippen LogP contribution is 2.33. The molecule has 1 aliphatic carbocycles. The maximum Gasteiger partial charge on any atom is 0.0644 e. The van der Waals surface area contributed by atoms with Crippen molar-refractivity contribution in [3.8, 4) is 0 Å². The Morgan fingerprint density at radius 2 is 2.00 bits per heavy atom. The molecule has 0 aromatic carbocycles. The number of nitrogens with zero attached hydrogens (tertiary/aromatic N) is 2. The summed E-state index contributed by atoms with van der Waals surface area (Å²) < 4.78 is 2.29. The predicted molar refractivity (Wildman–Crippen MR) is 71.3 cm³/mol. The van der Waals surface area contributed by atoms with Crippen LogP contribution in [0.2, 0.25) is 0 Å². The molecule has 1 unspecified atom stereocenters. The summed E-state index contributed by atoms with van der Waals surface area (Å²) in [6.45, 7) is 6.61.